The Labute approximate surface area is 132 Å². The van der Waals surface area contributed by atoms with Crippen LogP contribution < -0.4 is 5.32 Å². The van der Waals surface area contributed by atoms with E-state index < -0.39 is 0 Å². The first-order chi connectivity index (χ1) is 9.31. The summed E-state index contributed by atoms with van der Waals surface area (Å²) in [6, 6.07) is 7.03. The minimum atomic E-state index is 0.495. The number of aryl methyl sites for hydroxylation is 1. The van der Waals surface area contributed by atoms with Gasteiger partial charge in [0.05, 0.1) is 0 Å². The molecule has 2 heterocycles. The van der Waals surface area contributed by atoms with Crippen LogP contribution in [0.15, 0.2) is 33.4 Å². The van der Waals surface area contributed by atoms with Gasteiger partial charge in [-0.1, -0.05) is 13.0 Å². The van der Waals surface area contributed by atoms with Gasteiger partial charge in [-0.25, -0.2) is 0 Å². The highest BCUT2D eigenvalue weighted by atomic mass is 79.9. The van der Waals surface area contributed by atoms with Gasteiger partial charge in [-0.2, -0.15) is 0 Å². The molecule has 1 atom stereocenters. The first kappa shape index (κ1) is 15.2. The summed E-state index contributed by atoms with van der Waals surface area (Å²) >= 11 is 7.38. The van der Waals surface area contributed by atoms with Gasteiger partial charge in [0.25, 0.3) is 0 Å². The van der Waals surface area contributed by atoms with Gasteiger partial charge in [-0.15, -0.1) is 22.7 Å². The molecule has 0 bridgehead atoms. The Morgan fingerprint density at radius 2 is 2.16 bits per heavy atom. The van der Waals surface area contributed by atoms with E-state index >= 15 is 0 Å². The van der Waals surface area contributed by atoms with Crippen molar-refractivity contribution >= 4 is 38.6 Å². The summed E-state index contributed by atoms with van der Waals surface area (Å²) < 4.78 is 1.25. The lowest BCUT2D eigenvalue weighted by Crippen LogP contribution is -2.21. The maximum atomic E-state index is 3.68. The molecule has 0 saturated heterocycles. The first-order valence-electron chi connectivity index (χ1n) is 6.80. The number of hydrogen-bond acceptors (Lipinski definition) is 3. The van der Waals surface area contributed by atoms with Crippen molar-refractivity contribution in [2.45, 2.75) is 38.6 Å². The fraction of sp³-hybridized carbons (Fsp3) is 0.467. The quantitative estimate of drug-likeness (QED) is 0.644. The standard InChI is InChI=1S/C15H20BrNS2/c1-2-9-17-14(15-13(16)8-11-19-15)7-3-5-12-6-4-10-18-12/h4,6,8,10-11,14,17H,2-3,5,7,9H2,1H3. The predicted molar refractivity (Wildman–Crippen MR) is 90.3 cm³/mol. The second-order valence-electron chi connectivity index (χ2n) is 4.61. The lowest BCUT2D eigenvalue weighted by atomic mass is 10.1. The van der Waals surface area contributed by atoms with Crippen molar-refractivity contribution in [2.75, 3.05) is 6.54 Å². The molecule has 0 amide bonds. The molecule has 1 N–H and O–H groups in total. The zero-order valence-corrected chi connectivity index (χ0v) is 14.4. The molecule has 0 aliphatic heterocycles. The van der Waals surface area contributed by atoms with E-state index in [9.17, 15) is 0 Å². The minimum Gasteiger partial charge on any atom is -0.309 e. The summed E-state index contributed by atoms with van der Waals surface area (Å²) in [4.78, 5) is 2.94. The molecule has 0 fully saturated rings. The molecule has 0 saturated carbocycles. The Bertz CT molecular complexity index is 464. The van der Waals surface area contributed by atoms with Gasteiger partial charge in [-0.3, -0.25) is 0 Å². The molecule has 1 nitrogen and oxygen atoms in total. The molecule has 19 heavy (non-hydrogen) atoms. The monoisotopic (exact) mass is 357 g/mol. The van der Waals surface area contributed by atoms with Gasteiger partial charge in [0.1, 0.15) is 0 Å². The van der Waals surface area contributed by atoms with E-state index in [0.29, 0.717) is 6.04 Å². The number of nitrogens with one attached hydrogen (secondary N) is 1. The highest BCUT2D eigenvalue weighted by molar-refractivity contribution is 9.10. The Morgan fingerprint density at radius 1 is 1.26 bits per heavy atom. The van der Waals surface area contributed by atoms with Crippen LogP contribution in [0.2, 0.25) is 0 Å². The molecular weight excluding hydrogens is 338 g/mol. The fourth-order valence-electron chi connectivity index (χ4n) is 2.13. The molecule has 2 aromatic rings. The molecule has 1 unspecified atom stereocenters. The predicted octanol–water partition coefficient (Wildman–Crippen LogP) is 5.64. The highest BCUT2D eigenvalue weighted by Gasteiger charge is 2.14. The van der Waals surface area contributed by atoms with Gasteiger partial charge >= 0.3 is 0 Å². The molecule has 0 aliphatic rings. The zero-order valence-electron chi connectivity index (χ0n) is 11.2. The van der Waals surface area contributed by atoms with Crippen LogP contribution in [0.25, 0.3) is 0 Å². The molecule has 2 aromatic heterocycles. The van der Waals surface area contributed by atoms with Gasteiger partial charge in [0.15, 0.2) is 0 Å². The van der Waals surface area contributed by atoms with Crippen molar-refractivity contribution in [1.82, 2.24) is 5.32 Å². The van der Waals surface area contributed by atoms with E-state index in [-0.39, 0.29) is 0 Å². The summed E-state index contributed by atoms with van der Waals surface area (Å²) in [5.74, 6) is 0. The van der Waals surface area contributed by atoms with Crippen LogP contribution in [0.3, 0.4) is 0 Å². The second-order valence-corrected chi connectivity index (χ2v) is 7.45. The van der Waals surface area contributed by atoms with Crippen LogP contribution in [0.4, 0.5) is 0 Å². The topological polar surface area (TPSA) is 12.0 Å². The van der Waals surface area contributed by atoms with E-state index in [2.05, 4.69) is 57.1 Å². The molecule has 0 aliphatic carbocycles. The van der Waals surface area contributed by atoms with Gasteiger partial charge < -0.3 is 5.32 Å². The highest BCUT2D eigenvalue weighted by Crippen LogP contribution is 2.32. The molecule has 0 radical (unpaired) electrons. The number of hydrogen-bond donors (Lipinski definition) is 1. The first-order valence-corrected chi connectivity index (χ1v) is 9.35. The maximum absolute atomic E-state index is 3.68. The maximum Gasteiger partial charge on any atom is 0.0426 e. The molecule has 0 aromatic carbocycles. The third-order valence-corrected chi connectivity index (χ3v) is 6.02. The summed E-state index contributed by atoms with van der Waals surface area (Å²) in [5, 5.41) is 8.01. The molecule has 0 spiro atoms. The lowest BCUT2D eigenvalue weighted by molar-refractivity contribution is 0.490. The molecular formula is C15H20BrNS2. The third-order valence-electron chi connectivity index (χ3n) is 3.10. The number of rotatable bonds is 8. The van der Waals surface area contributed by atoms with Crippen molar-refractivity contribution < 1.29 is 0 Å². The van der Waals surface area contributed by atoms with E-state index in [1.54, 1.807) is 0 Å². The Hall–Kier alpha value is -0.160. The van der Waals surface area contributed by atoms with E-state index in [4.69, 9.17) is 0 Å². The summed E-state index contributed by atoms with van der Waals surface area (Å²) in [6.45, 7) is 3.31. The smallest absolute Gasteiger partial charge is 0.0426 e. The summed E-state index contributed by atoms with van der Waals surface area (Å²) in [7, 11) is 0. The average Bonchev–Trinajstić information content (AvgIpc) is 3.05. The Morgan fingerprint density at radius 3 is 2.79 bits per heavy atom. The van der Waals surface area contributed by atoms with Gasteiger partial charge in [-0.05, 0) is 71.1 Å². The SMILES string of the molecule is CCCNC(CCCc1cccs1)c1sccc1Br. The zero-order chi connectivity index (χ0) is 13.5. The van der Waals surface area contributed by atoms with Crippen LogP contribution in [0, 0.1) is 0 Å². The van der Waals surface area contributed by atoms with Crippen LogP contribution in [0.1, 0.15) is 42.0 Å². The normalized spacial score (nSPS) is 12.7. The van der Waals surface area contributed by atoms with Crippen LogP contribution >= 0.6 is 38.6 Å². The van der Waals surface area contributed by atoms with Crippen molar-refractivity contribution in [3.63, 3.8) is 0 Å². The van der Waals surface area contributed by atoms with Crippen molar-refractivity contribution in [3.8, 4) is 0 Å². The van der Waals surface area contributed by atoms with Crippen LogP contribution in [0.5, 0.6) is 0 Å². The van der Waals surface area contributed by atoms with E-state index in [0.717, 1.165) is 6.54 Å². The largest absolute Gasteiger partial charge is 0.309 e. The van der Waals surface area contributed by atoms with Crippen LogP contribution in [-0.2, 0) is 6.42 Å². The fourth-order valence-corrected chi connectivity index (χ4v) is 4.65. The molecule has 104 valence electrons. The minimum absolute atomic E-state index is 0.495. The van der Waals surface area contributed by atoms with Crippen LogP contribution in [-0.4, -0.2) is 6.54 Å². The Balaban J connectivity index is 1.89. The van der Waals surface area contributed by atoms with Crippen molar-refractivity contribution in [3.05, 3.63) is 43.2 Å². The average molecular weight is 358 g/mol. The van der Waals surface area contributed by atoms with Crippen molar-refractivity contribution in [2.24, 2.45) is 0 Å². The molecule has 2 rings (SSSR count). The summed E-state index contributed by atoms with van der Waals surface area (Å²) in [6.07, 6.45) is 4.83. The third kappa shape index (κ3) is 4.71. The number of halogens is 1. The summed E-state index contributed by atoms with van der Waals surface area (Å²) in [5.41, 5.74) is 0. The van der Waals surface area contributed by atoms with Crippen molar-refractivity contribution in [1.29, 1.82) is 0 Å². The van der Waals surface area contributed by atoms with E-state index in [1.807, 2.05) is 22.7 Å². The van der Waals surface area contributed by atoms with Gasteiger partial charge in [0, 0.05) is 20.3 Å². The lowest BCUT2D eigenvalue weighted by Gasteiger charge is -2.17. The molecule has 4 heteroatoms. The second kappa shape index (κ2) is 8.20. The number of thiophene rings is 2. The van der Waals surface area contributed by atoms with E-state index in [1.165, 1.54) is 39.9 Å². The van der Waals surface area contributed by atoms with Gasteiger partial charge in [0.2, 0.25) is 0 Å². The Kier molecular flexibility index (Phi) is 6.57.